The molecule has 0 aliphatic heterocycles. The summed E-state index contributed by atoms with van der Waals surface area (Å²) in [5, 5.41) is 2.86. The zero-order valence-electron chi connectivity index (χ0n) is 111. The summed E-state index contributed by atoms with van der Waals surface area (Å²) < 4.78 is 496. The van der Waals surface area contributed by atoms with Crippen LogP contribution < -0.4 is 28.3 Å². The Hall–Kier alpha value is -8.22. The summed E-state index contributed by atoms with van der Waals surface area (Å²) in [5.41, 5.74) is -11.3. The average molecular weight is 1820 g/mol. The van der Waals surface area contributed by atoms with Crippen LogP contribution in [-0.4, -0.2) is 275 Å². The molecule has 120 heavy (non-hydrogen) atoms. The van der Waals surface area contributed by atoms with Crippen molar-refractivity contribution in [2.24, 2.45) is 0 Å². The smallest absolute Gasteiger partial charge is 0.215 e. The van der Waals surface area contributed by atoms with E-state index in [1.807, 2.05) is 39.4 Å². The molecule has 0 spiro atoms. The summed E-state index contributed by atoms with van der Waals surface area (Å²) in [7, 11) is -14.2. The van der Waals surface area contributed by atoms with Crippen LogP contribution in [0.5, 0.6) is 0 Å². The lowest BCUT2D eigenvalue weighted by atomic mass is 10.1. The van der Waals surface area contributed by atoms with Crippen LogP contribution in [0.4, 0.5) is 0 Å². The summed E-state index contributed by atoms with van der Waals surface area (Å²) in [6.07, 6.45) is 9.59. The van der Waals surface area contributed by atoms with Crippen molar-refractivity contribution in [2.75, 3.05) is 165 Å². The molecule has 660 valence electrons. The van der Waals surface area contributed by atoms with E-state index in [0.29, 0.717) is 99.4 Å². The molecule has 0 fully saturated rings. The van der Waals surface area contributed by atoms with E-state index in [9.17, 15) is 50.5 Å². The molecule has 0 bridgehead atoms. The Kier molecular flexibility index (Phi) is 19.5. The summed E-state index contributed by atoms with van der Waals surface area (Å²) in [6, 6.07) is 24.7. The lowest BCUT2D eigenvalue weighted by molar-refractivity contribution is 0.414. The van der Waals surface area contributed by atoms with Crippen LogP contribution in [0.25, 0.3) is 65.4 Å². The van der Waals surface area contributed by atoms with Crippen molar-refractivity contribution >= 4 is 126 Å². The molecule has 0 aliphatic carbocycles. The molecule has 0 saturated carbocycles. The minimum atomic E-state index is -4.95. The van der Waals surface area contributed by atoms with Crippen molar-refractivity contribution in [1.82, 2.24) is 87.6 Å². The number of hydrogen-bond donors (Lipinski definition) is 12. The summed E-state index contributed by atoms with van der Waals surface area (Å²) in [6.45, 7) is -32.3. The molecular weight excluding hydrogens is 1650 g/mol. The van der Waals surface area contributed by atoms with E-state index in [-0.39, 0.29) is 81.6 Å². The number of hydrogen-bond acceptors (Lipinski definition) is 18. The Labute approximate surface area is 774 Å². The number of aromatic nitrogens is 6. The molecule has 0 radical (unpaired) electrons. The molecule has 0 aliphatic rings. The van der Waals surface area contributed by atoms with Gasteiger partial charge in [0.15, 0.2) is 0 Å². The summed E-state index contributed by atoms with van der Waals surface area (Å²) >= 11 is 0. The topological polar surface area (TPSA) is 391 Å². The van der Waals surface area contributed by atoms with Gasteiger partial charge < -0.3 is 59.3 Å². The van der Waals surface area contributed by atoms with Crippen molar-refractivity contribution < 1.29 is 112 Å². The SMILES string of the molecule is [2H]C([2H])(Cc1c[nH]c2ccc(C([2H])([2H])S(=O)(=O)NC)cc12)N(C)C.[2H]C([2H])([2H])N(C([2H])([2H])[2H])C([2H])([2H])Cc1c[nH]c2ccc(C([2H])([2H])S(=O)(=O)NC)cc12.[2H]C([2H])([2H])N(C)C([2H])([2H])Cc1c[nH]c2ccc(C([2H])([2H])S(=O)(=O)NC)cc12.[2H]C([2H])([2H])NS(=O)(=O)C([2H])([2H])c1ccc2[nH]cc(CCN(C([2H])([2H])[2H])C([2H])([2H])[2H])c2c1.[2H]C([2H])([2H])NS(=O)(=O)C([2H])([2H])c1ccc2[nH]cc(CCN(C)C([2H])([2H])[2H])c2c1.[2H]C([2H])([2H])NS(=O)(=O)C([2H])([2H])c1ccc2[nH]cc(CCN(C)C)c2c1. The quantitative estimate of drug-likeness (QED) is 0.0177. The number of nitrogens with zero attached hydrogens (tertiary/aromatic N) is 6. The van der Waals surface area contributed by atoms with Gasteiger partial charge in [-0.2, -0.15) is 0 Å². The molecule has 36 heteroatoms. The highest BCUT2D eigenvalue weighted by Crippen LogP contribution is 2.28. The zero-order valence-corrected chi connectivity index (χ0v) is 71.2. The number of aromatic amines is 6. The first kappa shape index (κ1) is 51.8. The van der Waals surface area contributed by atoms with E-state index in [0.717, 1.165) is 38.8 Å². The van der Waals surface area contributed by atoms with Gasteiger partial charge >= 0.3 is 0 Å². The molecule has 12 N–H and O–H groups in total. The number of aryl methyl sites for hydroxylation is 3. The van der Waals surface area contributed by atoms with E-state index in [2.05, 4.69) is 29.9 Å². The molecule has 6 aromatic heterocycles. The minimum absolute atomic E-state index is 0.00406. The second kappa shape index (κ2) is 45.2. The number of likely N-dealkylation sites (N-methyl/N-ethyl adjacent to an activating group) is 6. The van der Waals surface area contributed by atoms with Crippen LogP contribution in [0.15, 0.2) is 146 Å². The lowest BCUT2D eigenvalue weighted by Gasteiger charge is -2.08. The number of H-pyrrole nitrogens is 6. The Balaban J connectivity index is 0.000000266. The Morgan fingerprint density at radius 1 is 0.267 bits per heavy atom. The van der Waals surface area contributed by atoms with E-state index in [1.165, 1.54) is 154 Å². The fourth-order valence-electron chi connectivity index (χ4n) is 11.1. The van der Waals surface area contributed by atoms with E-state index < -0.39 is 183 Å². The molecule has 0 unspecified atom stereocenters. The largest absolute Gasteiger partial charge is 0.361 e. The zero-order chi connectivity index (χ0) is 127. The van der Waals surface area contributed by atoms with Gasteiger partial charge in [0.05, 0.1) is 34.2 Å². The number of rotatable bonds is 36. The van der Waals surface area contributed by atoms with Crippen LogP contribution in [0.2, 0.25) is 0 Å². The van der Waals surface area contributed by atoms with Crippen LogP contribution in [0.3, 0.4) is 0 Å². The predicted molar refractivity (Wildman–Crippen MR) is 493 cm³/mol. The molecule has 0 amide bonds. The lowest BCUT2D eigenvalue weighted by Crippen LogP contribution is -2.20. The third-order valence-corrected chi connectivity index (χ3v) is 22.4. The first-order valence-electron chi connectivity index (χ1n) is 57.9. The van der Waals surface area contributed by atoms with Gasteiger partial charge in [0.25, 0.3) is 0 Å². The standard InChI is InChI=1S/6C14H21N3O2S/c6*1-15-20(18,19)10-11-4-5-14-13(8-11)12(9-16-14)6-7-17(2)3/h6*4-5,8-9,15-16H,6-7,10H2,1-3H3/i2D3,3D3,7D2,10D2;1D3,2D3,3D3,10D2;2D3,7D2,10D2;1D3,2D3,10D2;7D2,10D2;1D3,10D2. The monoisotopic (exact) mass is 1820 g/mol. The van der Waals surface area contributed by atoms with Gasteiger partial charge in [-0.1, -0.05) is 36.4 Å². The molecule has 6 aromatic carbocycles. The van der Waals surface area contributed by atoms with E-state index >= 15 is 0 Å². The average Bonchev–Trinajstić information content (AvgIpc) is 1.53. The number of fused-ring (bicyclic) bond motifs is 6. The van der Waals surface area contributed by atoms with Gasteiger partial charge in [0, 0.05) is 203 Å². The van der Waals surface area contributed by atoms with Crippen molar-refractivity contribution in [1.29, 1.82) is 0 Å². The second-order valence-electron chi connectivity index (χ2n) is 26.4. The van der Waals surface area contributed by atoms with Crippen LogP contribution >= 0.6 is 0 Å². The molecule has 0 atom stereocenters. The molecule has 0 saturated heterocycles. The second-order valence-corrected chi connectivity index (χ2v) is 35.5. The molecule has 30 nitrogen and oxygen atoms in total. The van der Waals surface area contributed by atoms with Gasteiger partial charge in [0.2, 0.25) is 60.1 Å². The maximum absolute atomic E-state index is 12.3. The highest BCUT2D eigenvalue weighted by molar-refractivity contribution is 7.90. The van der Waals surface area contributed by atoms with E-state index in [4.69, 9.17) is 61.7 Å². The highest BCUT2D eigenvalue weighted by Gasteiger charge is 2.19. The molecule has 12 aromatic rings. The normalized spacial score (nSPS) is 20.0. The Bertz CT molecular complexity index is 8030. The third kappa shape index (κ3) is 31.9. The third-order valence-electron chi connectivity index (χ3n) is 17.0. The van der Waals surface area contributed by atoms with Crippen LogP contribution in [0, 0.1) is 0 Å². The summed E-state index contributed by atoms with van der Waals surface area (Å²) in [4.78, 5) is 23.1. The molecule has 12 rings (SSSR count). The van der Waals surface area contributed by atoms with Crippen LogP contribution in [-0.2, 0) is 133 Å². The van der Waals surface area contributed by atoms with Crippen molar-refractivity contribution in [3.63, 3.8) is 0 Å². The molecular formula is C84H126N18O12S6. The number of sulfonamides is 6. The first-order valence-corrected chi connectivity index (χ1v) is 44.3. The predicted octanol–water partition coefficient (Wildman–Crippen LogP) is 7.93. The maximum Gasteiger partial charge on any atom is 0.215 e. The van der Waals surface area contributed by atoms with Crippen molar-refractivity contribution in [2.45, 2.75) is 72.8 Å². The van der Waals surface area contributed by atoms with Crippen LogP contribution in [0.1, 0.15) is 128 Å². The Morgan fingerprint density at radius 2 is 0.475 bits per heavy atom. The molecule has 6 heterocycles. The first-order chi connectivity index (χ1) is 74.0. The van der Waals surface area contributed by atoms with Gasteiger partial charge in [-0.25, -0.2) is 78.8 Å². The van der Waals surface area contributed by atoms with Crippen molar-refractivity contribution in [3.8, 4) is 0 Å². The van der Waals surface area contributed by atoms with Gasteiger partial charge in [-0.15, -0.1) is 0 Å². The van der Waals surface area contributed by atoms with Crippen molar-refractivity contribution in [3.05, 3.63) is 213 Å². The number of nitrogens with one attached hydrogen (secondary N) is 12. The highest BCUT2D eigenvalue weighted by atomic mass is 32.2. The van der Waals surface area contributed by atoms with Gasteiger partial charge in [-0.3, -0.25) is 0 Å². The maximum atomic E-state index is 12.3. The van der Waals surface area contributed by atoms with Gasteiger partial charge in [0.1, 0.15) is 0 Å². The summed E-state index contributed by atoms with van der Waals surface area (Å²) in [5.74, 6) is 0. The minimum Gasteiger partial charge on any atom is -0.361 e. The fraction of sp³-hybridized carbons (Fsp3) is 0.429. The Morgan fingerprint density at radius 3 is 0.692 bits per heavy atom. The van der Waals surface area contributed by atoms with E-state index in [1.54, 1.807) is 38.6 Å². The number of benzene rings is 6. The van der Waals surface area contributed by atoms with Gasteiger partial charge in [-0.05, 0) is 304 Å². The fourth-order valence-corrected chi connectivity index (χ4v) is 14.2.